The first kappa shape index (κ1) is 14.3. The van der Waals surface area contributed by atoms with Crippen molar-refractivity contribution < 1.29 is 14.6 Å². The summed E-state index contributed by atoms with van der Waals surface area (Å²) in [5, 5.41) is 11.7. The van der Waals surface area contributed by atoms with E-state index in [1.165, 1.54) is 7.11 Å². The van der Waals surface area contributed by atoms with Crippen molar-refractivity contribution >= 4 is 5.91 Å². The smallest absolute Gasteiger partial charge is 0.227 e. The second kappa shape index (κ2) is 6.76. The Morgan fingerprint density at radius 3 is 2.60 bits per heavy atom. The highest BCUT2D eigenvalue weighted by molar-refractivity contribution is 5.82. The molecule has 0 fully saturated rings. The van der Waals surface area contributed by atoms with E-state index in [1.807, 2.05) is 13.8 Å². The summed E-state index contributed by atoms with van der Waals surface area (Å²) in [6.45, 7) is 4.18. The molecule has 5 nitrogen and oxygen atoms in total. The van der Waals surface area contributed by atoms with Gasteiger partial charge in [0.2, 0.25) is 5.91 Å². The highest BCUT2D eigenvalue weighted by Crippen LogP contribution is 2.19. The average Bonchev–Trinajstić information content (AvgIpc) is 2.27. The second-order valence-electron chi connectivity index (χ2n) is 3.93. The molecule has 0 aliphatic rings. The Balaban J connectivity index is 4.31. The molecule has 0 bridgehead atoms. The molecule has 0 aromatic rings. The number of nitrogens with two attached hydrogens (primary N) is 1. The summed E-state index contributed by atoms with van der Waals surface area (Å²) in [4.78, 5) is 11.8. The van der Waals surface area contributed by atoms with Crippen molar-refractivity contribution in [3.05, 3.63) is 0 Å². The lowest BCUT2D eigenvalue weighted by molar-refractivity contribution is -0.131. The Morgan fingerprint density at radius 2 is 2.27 bits per heavy atom. The number of aliphatic hydroxyl groups excluding tert-OH is 1. The lowest BCUT2D eigenvalue weighted by Gasteiger charge is -2.27. The third-order valence-electron chi connectivity index (χ3n) is 2.70. The number of aliphatic hydroxyl groups is 1. The number of rotatable bonds is 7. The molecule has 15 heavy (non-hydrogen) atoms. The van der Waals surface area contributed by atoms with E-state index in [2.05, 4.69) is 5.32 Å². The predicted octanol–water partition coefficient (Wildman–Crippen LogP) is -0.515. The molecule has 0 aliphatic heterocycles. The van der Waals surface area contributed by atoms with Gasteiger partial charge in [0.05, 0.1) is 24.7 Å². The summed E-state index contributed by atoms with van der Waals surface area (Å²) >= 11 is 0. The average molecular weight is 218 g/mol. The Bertz CT molecular complexity index is 193. The van der Waals surface area contributed by atoms with Gasteiger partial charge in [-0.25, -0.2) is 0 Å². The molecule has 1 amide bonds. The van der Waals surface area contributed by atoms with Crippen LogP contribution in [-0.2, 0) is 9.53 Å². The number of nitrogens with one attached hydrogen (secondary N) is 1. The largest absolute Gasteiger partial charge is 0.394 e. The normalized spacial score (nSPS) is 16.9. The van der Waals surface area contributed by atoms with Gasteiger partial charge in [-0.05, 0) is 13.3 Å². The van der Waals surface area contributed by atoms with Crippen LogP contribution < -0.4 is 11.1 Å². The van der Waals surface area contributed by atoms with Crippen LogP contribution in [0.4, 0.5) is 0 Å². The number of ether oxygens (including phenoxy) is 1. The number of amides is 1. The lowest BCUT2D eigenvalue weighted by Crippen LogP contribution is -2.49. The summed E-state index contributed by atoms with van der Waals surface area (Å²) in [6, 6.07) is -0.361. The van der Waals surface area contributed by atoms with Gasteiger partial charge in [0.1, 0.15) is 0 Å². The zero-order valence-corrected chi connectivity index (χ0v) is 9.75. The maximum absolute atomic E-state index is 11.8. The van der Waals surface area contributed by atoms with Gasteiger partial charge < -0.3 is 20.9 Å². The Labute approximate surface area is 91.0 Å². The number of methoxy groups -OCH3 is 1. The maximum Gasteiger partial charge on any atom is 0.227 e. The molecule has 0 spiro atoms. The highest BCUT2D eigenvalue weighted by Gasteiger charge is 2.30. The second-order valence-corrected chi connectivity index (χ2v) is 3.93. The zero-order valence-electron chi connectivity index (χ0n) is 9.75. The molecule has 0 rings (SSSR count). The summed E-state index contributed by atoms with van der Waals surface area (Å²) in [7, 11) is 1.52. The van der Waals surface area contributed by atoms with Gasteiger partial charge in [-0.15, -0.1) is 0 Å². The van der Waals surface area contributed by atoms with E-state index >= 15 is 0 Å². The highest BCUT2D eigenvalue weighted by atomic mass is 16.5. The van der Waals surface area contributed by atoms with Crippen LogP contribution in [0.1, 0.15) is 20.3 Å². The molecular weight excluding hydrogens is 196 g/mol. The van der Waals surface area contributed by atoms with Crippen molar-refractivity contribution in [1.82, 2.24) is 5.32 Å². The summed E-state index contributed by atoms with van der Waals surface area (Å²) < 4.78 is 4.87. The summed E-state index contributed by atoms with van der Waals surface area (Å²) in [5.41, 5.74) is 4.99. The Hall–Kier alpha value is -0.650. The molecule has 0 saturated heterocycles. The fourth-order valence-corrected chi connectivity index (χ4v) is 1.10. The molecule has 4 N–H and O–H groups in total. The molecule has 90 valence electrons. The van der Waals surface area contributed by atoms with E-state index in [0.717, 1.165) is 0 Å². The van der Waals surface area contributed by atoms with Gasteiger partial charge in [0, 0.05) is 13.7 Å². The van der Waals surface area contributed by atoms with E-state index in [-0.39, 0.29) is 18.6 Å². The van der Waals surface area contributed by atoms with E-state index in [9.17, 15) is 4.79 Å². The van der Waals surface area contributed by atoms with Crippen LogP contribution in [0.25, 0.3) is 0 Å². The van der Waals surface area contributed by atoms with Crippen molar-refractivity contribution in [2.45, 2.75) is 26.3 Å². The first-order chi connectivity index (χ1) is 7.03. The topological polar surface area (TPSA) is 84.6 Å². The first-order valence-corrected chi connectivity index (χ1v) is 5.14. The third-order valence-corrected chi connectivity index (χ3v) is 2.70. The fourth-order valence-electron chi connectivity index (χ4n) is 1.10. The third kappa shape index (κ3) is 4.15. The van der Waals surface area contributed by atoms with Gasteiger partial charge in [0.25, 0.3) is 0 Å². The van der Waals surface area contributed by atoms with Crippen LogP contribution in [0.3, 0.4) is 0 Å². The van der Waals surface area contributed by atoms with Crippen molar-refractivity contribution in [2.24, 2.45) is 11.1 Å². The molecule has 0 heterocycles. The SMILES string of the molecule is CCC(C)(CN)C(=O)NC(CO)COC. The summed E-state index contributed by atoms with van der Waals surface area (Å²) in [5.74, 6) is -0.136. The molecule has 2 unspecified atom stereocenters. The van der Waals surface area contributed by atoms with Crippen LogP contribution >= 0.6 is 0 Å². The minimum atomic E-state index is -0.568. The molecule has 0 radical (unpaired) electrons. The van der Waals surface area contributed by atoms with Gasteiger partial charge >= 0.3 is 0 Å². The van der Waals surface area contributed by atoms with Gasteiger partial charge in [-0.1, -0.05) is 6.92 Å². The van der Waals surface area contributed by atoms with Gasteiger partial charge in [-0.3, -0.25) is 4.79 Å². The molecule has 0 aromatic carbocycles. The van der Waals surface area contributed by atoms with Crippen molar-refractivity contribution in [3.8, 4) is 0 Å². The van der Waals surface area contributed by atoms with Crippen molar-refractivity contribution in [3.63, 3.8) is 0 Å². The quantitative estimate of drug-likeness (QED) is 0.537. The minimum Gasteiger partial charge on any atom is -0.394 e. The van der Waals surface area contributed by atoms with E-state index in [0.29, 0.717) is 19.6 Å². The number of hydrogen-bond acceptors (Lipinski definition) is 4. The fraction of sp³-hybridized carbons (Fsp3) is 0.900. The Kier molecular flexibility index (Phi) is 6.47. The molecular formula is C10H22N2O3. The predicted molar refractivity (Wildman–Crippen MR) is 58.3 cm³/mol. The van der Waals surface area contributed by atoms with E-state index < -0.39 is 5.41 Å². The number of hydrogen-bond donors (Lipinski definition) is 3. The summed E-state index contributed by atoms with van der Waals surface area (Å²) in [6.07, 6.45) is 0.667. The Morgan fingerprint density at radius 1 is 1.67 bits per heavy atom. The van der Waals surface area contributed by atoms with Crippen LogP contribution in [0, 0.1) is 5.41 Å². The maximum atomic E-state index is 11.8. The molecule has 0 aliphatic carbocycles. The van der Waals surface area contributed by atoms with Crippen molar-refractivity contribution in [1.29, 1.82) is 0 Å². The van der Waals surface area contributed by atoms with Crippen LogP contribution in [0.15, 0.2) is 0 Å². The minimum absolute atomic E-state index is 0.135. The zero-order chi connectivity index (χ0) is 11.9. The molecule has 5 heteroatoms. The van der Waals surface area contributed by atoms with E-state index in [1.54, 1.807) is 0 Å². The lowest BCUT2D eigenvalue weighted by atomic mass is 9.86. The van der Waals surface area contributed by atoms with Crippen molar-refractivity contribution in [2.75, 3.05) is 26.9 Å². The van der Waals surface area contributed by atoms with E-state index in [4.69, 9.17) is 15.6 Å². The van der Waals surface area contributed by atoms with Crippen LogP contribution in [0.2, 0.25) is 0 Å². The first-order valence-electron chi connectivity index (χ1n) is 5.14. The van der Waals surface area contributed by atoms with Crippen LogP contribution in [-0.4, -0.2) is 43.9 Å². The molecule has 0 aromatic heterocycles. The van der Waals surface area contributed by atoms with Gasteiger partial charge in [0.15, 0.2) is 0 Å². The van der Waals surface area contributed by atoms with Crippen LogP contribution in [0.5, 0.6) is 0 Å². The van der Waals surface area contributed by atoms with Gasteiger partial charge in [-0.2, -0.15) is 0 Å². The number of carbonyl (C=O) groups is 1. The number of carbonyl (C=O) groups excluding carboxylic acids is 1. The monoisotopic (exact) mass is 218 g/mol. The molecule has 0 saturated carbocycles. The standard InChI is InChI=1S/C10H22N2O3/c1-4-10(2,7-11)9(14)12-8(5-13)6-15-3/h8,13H,4-7,11H2,1-3H3,(H,12,14). The molecule has 2 atom stereocenters.